The average Bonchev–Trinajstić information content (AvgIpc) is 3.86. The standard InChI is InChI=1S/C53H86O22/c1-23-32(59)35(62)38(65)43(69-23)74-41-37(64)34(61)26(19-55)71-46(41)73-40-24(57)20-67-45(42(40)75-44-39(66)36(63)33(60)25(18-54)70-44)72-31-10-11-49(5)27(47(31,2)3)8-12-50(6)28(49)9-13-53-29-16-48(4,21-56)14-15-52(29,22-68-53)30(58)17-51(50,53)7/h21,23-46,54-55,57-66H,8-20,22H2,1-7H3/t23-,24-,25+,26+,27?,28?,29?,30?,31?,32-,33+,34+,35+,36-,37-,38+,39+,40-,41+,42+,43-,44-,45-,46-,48?,49?,50?,51?,52?,53?/m0/s1. The average molecular weight is 1080 g/mol. The van der Waals surface area contributed by atoms with Gasteiger partial charge in [-0.3, -0.25) is 0 Å². The smallest absolute Gasteiger partial charge is 0.187 e. The van der Waals surface area contributed by atoms with Gasteiger partial charge >= 0.3 is 0 Å². The molecular formula is C53H86O22. The topological polar surface area (TPSA) is 343 Å². The summed E-state index contributed by atoms with van der Waals surface area (Å²) in [6.45, 7) is 13.5. The van der Waals surface area contributed by atoms with Gasteiger partial charge in [-0.15, -0.1) is 0 Å². The summed E-state index contributed by atoms with van der Waals surface area (Å²) in [4.78, 5) is 12.6. The van der Waals surface area contributed by atoms with Crippen LogP contribution in [0.5, 0.6) is 0 Å². The normalized spacial score (nSPS) is 58.5. The fraction of sp³-hybridized carbons (Fsp3) is 0.981. The molecule has 5 heterocycles. The van der Waals surface area contributed by atoms with E-state index in [2.05, 4.69) is 41.5 Å². The maximum atomic E-state index is 12.6. The monoisotopic (exact) mass is 1070 g/mol. The highest BCUT2D eigenvalue weighted by molar-refractivity contribution is 5.59. The summed E-state index contributed by atoms with van der Waals surface area (Å²) < 4.78 is 56.8. The van der Waals surface area contributed by atoms with Gasteiger partial charge in [0.25, 0.3) is 0 Å². The quantitative estimate of drug-likeness (QED) is 0.0827. The van der Waals surface area contributed by atoms with Gasteiger partial charge in [0, 0.05) is 16.2 Å². The second-order valence-corrected chi connectivity index (χ2v) is 26.2. The lowest BCUT2D eigenvalue weighted by molar-refractivity contribution is -0.401. The number of aldehydes is 1. The summed E-state index contributed by atoms with van der Waals surface area (Å²) in [5.74, 6) is 0.408. The molecule has 2 bridgehead atoms. The van der Waals surface area contributed by atoms with Gasteiger partial charge in [-0.25, -0.2) is 0 Å². The summed E-state index contributed by atoms with van der Waals surface area (Å²) >= 11 is 0. The van der Waals surface area contributed by atoms with E-state index in [4.69, 9.17) is 42.6 Å². The van der Waals surface area contributed by atoms with Crippen molar-refractivity contribution in [1.29, 1.82) is 0 Å². The van der Waals surface area contributed by atoms with E-state index in [1.165, 1.54) is 6.92 Å². The second kappa shape index (κ2) is 20.1. The van der Waals surface area contributed by atoms with E-state index in [1.807, 2.05) is 0 Å². The number of rotatable bonds is 11. The summed E-state index contributed by atoms with van der Waals surface area (Å²) in [6, 6.07) is 0. The highest BCUT2D eigenvalue weighted by Gasteiger charge is 2.80. The first-order valence-corrected chi connectivity index (χ1v) is 27.5. The molecule has 0 amide bonds. The third kappa shape index (κ3) is 8.54. The molecule has 5 aliphatic heterocycles. The largest absolute Gasteiger partial charge is 0.394 e. The van der Waals surface area contributed by atoms with E-state index in [9.17, 15) is 66.1 Å². The molecule has 12 N–H and O–H groups in total. The third-order valence-corrected chi connectivity index (χ3v) is 22.3. The number of carbonyl (C=O) groups is 1. The Morgan fingerprint density at radius 3 is 1.83 bits per heavy atom. The van der Waals surface area contributed by atoms with E-state index in [0.29, 0.717) is 25.9 Å². The fourth-order valence-corrected chi connectivity index (χ4v) is 17.6. The number of ether oxygens (including phenoxy) is 9. The Morgan fingerprint density at radius 2 is 1.16 bits per heavy atom. The Kier molecular flexibility index (Phi) is 15.3. The Balaban J connectivity index is 0.934. The summed E-state index contributed by atoms with van der Waals surface area (Å²) in [6.07, 6.45) is -24.0. The van der Waals surface area contributed by atoms with Gasteiger partial charge in [0.1, 0.15) is 91.7 Å². The molecule has 5 saturated heterocycles. The van der Waals surface area contributed by atoms with Crippen LogP contribution in [-0.4, -0.2) is 229 Å². The van der Waals surface area contributed by atoms with E-state index in [0.717, 1.165) is 51.2 Å². The first kappa shape index (κ1) is 57.1. The highest BCUT2D eigenvalue weighted by atomic mass is 16.8. The maximum absolute atomic E-state index is 12.6. The zero-order chi connectivity index (χ0) is 54.3. The fourth-order valence-electron chi connectivity index (χ4n) is 17.6. The first-order valence-electron chi connectivity index (χ1n) is 27.5. The molecule has 430 valence electrons. The van der Waals surface area contributed by atoms with Crippen LogP contribution in [0.25, 0.3) is 0 Å². The summed E-state index contributed by atoms with van der Waals surface area (Å²) in [5, 5.41) is 132. The molecule has 10 fully saturated rings. The molecule has 0 aromatic rings. The van der Waals surface area contributed by atoms with Crippen molar-refractivity contribution < 1.29 is 109 Å². The minimum atomic E-state index is -1.92. The van der Waals surface area contributed by atoms with Crippen molar-refractivity contribution in [1.82, 2.24) is 0 Å². The summed E-state index contributed by atoms with van der Waals surface area (Å²) in [5.41, 5.74) is -2.67. The van der Waals surface area contributed by atoms with Gasteiger partial charge in [-0.1, -0.05) is 41.5 Å². The number of hydrogen-bond acceptors (Lipinski definition) is 22. The zero-order valence-electron chi connectivity index (χ0n) is 44.3. The Hall–Kier alpha value is -1.17. The number of aliphatic hydroxyl groups is 12. The van der Waals surface area contributed by atoms with E-state index >= 15 is 0 Å². The predicted molar refractivity (Wildman–Crippen MR) is 255 cm³/mol. The number of aliphatic hydroxyl groups excluding tert-OH is 12. The van der Waals surface area contributed by atoms with Gasteiger partial charge in [0.15, 0.2) is 25.2 Å². The van der Waals surface area contributed by atoms with Crippen molar-refractivity contribution in [2.75, 3.05) is 26.4 Å². The van der Waals surface area contributed by atoms with Gasteiger partial charge in [-0.05, 0) is 105 Å². The van der Waals surface area contributed by atoms with Gasteiger partial charge in [0.05, 0.1) is 50.3 Å². The van der Waals surface area contributed by atoms with Crippen LogP contribution in [0.1, 0.15) is 113 Å². The number of carbonyl (C=O) groups excluding carboxylic acids is 1. The molecule has 10 aliphatic rings. The predicted octanol–water partition coefficient (Wildman–Crippen LogP) is -1.50. The van der Waals surface area contributed by atoms with Crippen LogP contribution in [0, 0.1) is 50.2 Å². The van der Waals surface area contributed by atoms with E-state index < -0.39 is 165 Å². The maximum Gasteiger partial charge on any atom is 0.187 e. The van der Waals surface area contributed by atoms with Crippen molar-refractivity contribution in [2.45, 2.75) is 247 Å². The molecule has 30 atom stereocenters. The van der Waals surface area contributed by atoms with Gasteiger partial charge in [0.2, 0.25) is 0 Å². The highest BCUT2D eigenvalue weighted by Crippen LogP contribution is 2.80. The van der Waals surface area contributed by atoms with Crippen LogP contribution in [0.3, 0.4) is 0 Å². The molecule has 11 unspecified atom stereocenters. The molecule has 5 aliphatic carbocycles. The minimum absolute atomic E-state index is 0.0639. The van der Waals surface area contributed by atoms with Crippen LogP contribution in [-0.2, 0) is 47.4 Å². The van der Waals surface area contributed by atoms with Crippen molar-refractivity contribution in [3.8, 4) is 0 Å². The Labute approximate surface area is 437 Å². The number of hydrogen-bond donors (Lipinski definition) is 12. The zero-order valence-corrected chi connectivity index (χ0v) is 44.3. The minimum Gasteiger partial charge on any atom is -0.394 e. The van der Waals surface area contributed by atoms with Gasteiger partial charge in [-0.2, -0.15) is 0 Å². The molecule has 5 saturated carbocycles. The van der Waals surface area contributed by atoms with Crippen LogP contribution in [0.4, 0.5) is 0 Å². The van der Waals surface area contributed by atoms with Crippen LogP contribution >= 0.6 is 0 Å². The van der Waals surface area contributed by atoms with Crippen molar-refractivity contribution in [3.05, 3.63) is 0 Å². The number of fused-ring (bicyclic) bond motifs is 4. The summed E-state index contributed by atoms with van der Waals surface area (Å²) in [7, 11) is 0. The molecule has 22 nitrogen and oxygen atoms in total. The van der Waals surface area contributed by atoms with E-state index in [1.54, 1.807) is 0 Å². The van der Waals surface area contributed by atoms with Gasteiger partial charge < -0.3 is 109 Å². The SMILES string of the molecule is C[C@@H]1O[C@@H](O[C@H]2[C@H](O[C@@H]3[C@@H](O[C@@H]4O[C@H](CO)[C@@H](O)[C@H](O)[C@H]4O)[C@H](OC4CCC5(C)C(CCC6(C)C5CCC57OCC8(CCC(C)(C=O)CC85)C(O)CC67C)C4(C)C)OC[C@@H]3O)O[C@H](CO)[C@@H](O)[C@@H]2O)[C@H](O)[C@H](O)[C@H]1O. The first-order chi connectivity index (χ1) is 35.2. The lowest BCUT2D eigenvalue weighted by atomic mass is 9.30. The Morgan fingerprint density at radius 1 is 0.560 bits per heavy atom. The molecular weight excluding hydrogens is 989 g/mol. The molecule has 0 aromatic carbocycles. The lowest BCUT2D eigenvalue weighted by Gasteiger charge is -2.75. The second-order valence-electron chi connectivity index (χ2n) is 26.2. The molecule has 0 aromatic heterocycles. The van der Waals surface area contributed by atoms with Crippen LogP contribution in [0.15, 0.2) is 0 Å². The van der Waals surface area contributed by atoms with Crippen LogP contribution < -0.4 is 0 Å². The molecule has 0 radical (unpaired) electrons. The third-order valence-electron chi connectivity index (χ3n) is 22.3. The van der Waals surface area contributed by atoms with E-state index in [-0.39, 0.29) is 39.4 Å². The Bertz CT molecular complexity index is 2050. The van der Waals surface area contributed by atoms with Crippen molar-refractivity contribution in [2.24, 2.45) is 50.2 Å². The van der Waals surface area contributed by atoms with Crippen LogP contribution in [0.2, 0.25) is 0 Å². The van der Waals surface area contributed by atoms with Crippen molar-refractivity contribution >= 4 is 6.29 Å². The molecule has 75 heavy (non-hydrogen) atoms. The van der Waals surface area contributed by atoms with Crippen molar-refractivity contribution in [3.63, 3.8) is 0 Å². The lowest BCUT2D eigenvalue weighted by Crippen LogP contribution is -2.74. The molecule has 1 spiro atoms. The molecule has 10 rings (SSSR count). The molecule has 22 heteroatoms.